The number of rotatable bonds is 1. The molecule has 0 aliphatic carbocycles. The van der Waals surface area contributed by atoms with Crippen LogP contribution in [0.3, 0.4) is 0 Å². The van der Waals surface area contributed by atoms with E-state index in [0.717, 1.165) is 28.9 Å². The number of hydrogen-bond donors (Lipinski definition) is 1. The molecule has 0 fully saturated rings. The van der Waals surface area contributed by atoms with Crippen molar-refractivity contribution in [2.45, 2.75) is 27.2 Å². The standard InChI is InChI=1S/C14H16O2/c1-5-11-6-8(2)7-12-9(3)13(15)10(4)16-14(11)12/h6-7,15H,3,5H2,1-2,4H3. The average Bonchev–Trinajstić information content (AvgIpc) is 2.26. The van der Waals surface area contributed by atoms with Gasteiger partial charge in [-0.3, -0.25) is 0 Å². The quantitative estimate of drug-likeness (QED) is 0.774. The van der Waals surface area contributed by atoms with Gasteiger partial charge in [0.15, 0.2) is 5.76 Å². The molecule has 1 N–H and O–H groups in total. The molecule has 1 aromatic carbocycles. The Morgan fingerprint density at radius 2 is 2.00 bits per heavy atom. The number of hydrogen-bond acceptors (Lipinski definition) is 2. The van der Waals surface area contributed by atoms with Gasteiger partial charge in [-0.2, -0.15) is 0 Å². The summed E-state index contributed by atoms with van der Waals surface area (Å²) in [5, 5.41) is 9.80. The molecule has 2 rings (SSSR count). The van der Waals surface area contributed by atoms with Gasteiger partial charge < -0.3 is 9.84 Å². The first-order valence-electron chi connectivity index (χ1n) is 5.45. The molecule has 0 radical (unpaired) electrons. The van der Waals surface area contributed by atoms with Gasteiger partial charge in [-0.15, -0.1) is 0 Å². The SMILES string of the molecule is C=C1C(O)=C(C)Oc2c(CC)cc(C)cc21. The third kappa shape index (κ3) is 1.51. The van der Waals surface area contributed by atoms with Crippen LogP contribution in [-0.2, 0) is 6.42 Å². The van der Waals surface area contributed by atoms with Gasteiger partial charge >= 0.3 is 0 Å². The van der Waals surface area contributed by atoms with Crippen LogP contribution in [0.5, 0.6) is 5.75 Å². The molecule has 1 aromatic rings. The molecule has 1 aliphatic rings. The molecule has 1 heterocycles. The fourth-order valence-electron chi connectivity index (χ4n) is 2.00. The van der Waals surface area contributed by atoms with Crippen molar-refractivity contribution in [3.8, 4) is 5.75 Å². The van der Waals surface area contributed by atoms with Crippen LogP contribution in [0.4, 0.5) is 0 Å². The zero-order valence-corrected chi connectivity index (χ0v) is 9.92. The van der Waals surface area contributed by atoms with E-state index >= 15 is 0 Å². The van der Waals surface area contributed by atoms with E-state index in [1.807, 2.05) is 13.0 Å². The topological polar surface area (TPSA) is 29.5 Å². The van der Waals surface area contributed by atoms with E-state index in [0.29, 0.717) is 11.3 Å². The second-order valence-electron chi connectivity index (χ2n) is 4.14. The molecular formula is C14H16O2. The van der Waals surface area contributed by atoms with Gasteiger partial charge in [0.2, 0.25) is 0 Å². The summed E-state index contributed by atoms with van der Waals surface area (Å²) in [6.45, 7) is 9.80. The molecule has 0 bridgehead atoms. The van der Waals surface area contributed by atoms with Crippen molar-refractivity contribution in [1.29, 1.82) is 0 Å². The Morgan fingerprint density at radius 1 is 1.31 bits per heavy atom. The van der Waals surface area contributed by atoms with Crippen molar-refractivity contribution in [1.82, 2.24) is 0 Å². The van der Waals surface area contributed by atoms with Gasteiger partial charge in [-0.05, 0) is 37.5 Å². The van der Waals surface area contributed by atoms with E-state index in [1.54, 1.807) is 6.92 Å². The monoisotopic (exact) mass is 216 g/mol. The summed E-state index contributed by atoms with van der Waals surface area (Å²) in [6.07, 6.45) is 0.908. The van der Waals surface area contributed by atoms with E-state index in [-0.39, 0.29) is 5.76 Å². The van der Waals surface area contributed by atoms with Crippen LogP contribution in [0.1, 0.15) is 30.5 Å². The first-order chi connectivity index (χ1) is 7.54. The van der Waals surface area contributed by atoms with Crippen LogP contribution < -0.4 is 4.74 Å². The van der Waals surface area contributed by atoms with Gasteiger partial charge in [-0.1, -0.05) is 19.6 Å². The highest BCUT2D eigenvalue weighted by atomic mass is 16.5. The van der Waals surface area contributed by atoms with Crippen LogP contribution in [0.25, 0.3) is 5.57 Å². The van der Waals surface area contributed by atoms with Crippen molar-refractivity contribution in [2.24, 2.45) is 0 Å². The van der Waals surface area contributed by atoms with Gasteiger partial charge in [0, 0.05) is 11.1 Å². The number of aliphatic hydroxyl groups excluding tert-OH is 1. The molecule has 0 spiro atoms. The first kappa shape index (κ1) is 10.8. The number of aryl methyl sites for hydroxylation is 2. The zero-order chi connectivity index (χ0) is 11.9. The minimum Gasteiger partial charge on any atom is -0.504 e. The highest BCUT2D eigenvalue weighted by Gasteiger charge is 2.22. The summed E-state index contributed by atoms with van der Waals surface area (Å²) in [7, 11) is 0. The normalized spacial score (nSPS) is 14.8. The van der Waals surface area contributed by atoms with E-state index in [4.69, 9.17) is 4.74 Å². The lowest BCUT2D eigenvalue weighted by molar-refractivity contribution is 0.342. The maximum atomic E-state index is 9.80. The van der Waals surface area contributed by atoms with E-state index in [9.17, 15) is 5.11 Å². The van der Waals surface area contributed by atoms with Crippen LogP contribution >= 0.6 is 0 Å². The number of aliphatic hydroxyl groups is 1. The Bertz CT molecular complexity index is 496. The summed E-state index contributed by atoms with van der Waals surface area (Å²) >= 11 is 0. The fourth-order valence-corrected chi connectivity index (χ4v) is 2.00. The van der Waals surface area contributed by atoms with Gasteiger partial charge in [0.1, 0.15) is 11.5 Å². The summed E-state index contributed by atoms with van der Waals surface area (Å²) < 4.78 is 5.66. The smallest absolute Gasteiger partial charge is 0.161 e. The van der Waals surface area contributed by atoms with Crippen LogP contribution in [-0.4, -0.2) is 5.11 Å². The third-order valence-corrected chi connectivity index (χ3v) is 2.89. The summed E-state index contributed by atoms with van der Waals surface area (Å²) in [4.78, 5) is 0. The molecule has 0 unspecified atom stereocenters. The van der Waals surface area contributed by atoms with Gasteiger partial charge in [-0.25, -0.2) is 0 Å². The molecule has 0 amide bonds. The van der Waals surface area contributed by atoms with Crippen molar-refractivity contribution in [2.75, 3.05) is 0 Å². The Morgan fingerprint density at radius 3 is 2.62 bits per heavy atom. The first-order valence-corrected chi connectivity index (χ1v) is 5.45. The van der Waals surface area contributed by atoms with E-state index < -0.39 is 0 Å². The second-order valence-corrected chi connectivity index (χ2v) is 4.14. The van der Waals surface area contributed by atoms with Crippen molar-refractivity contribution in [3.63, 3.8) is 0 Å². The highest BCUT2D eigenvalue weighted by Crippen LogP contribution is 2.39. The number of benzene rings is 1. The average molecular weight is 216 g/mol. The van der Waals surface area contributed by atoms with Crippen molar-refractivity contribution >= 4 is 5.57 Å². The largest absolute Gasteiger partial charge is 0.504 e. The summed E-state index contributed by atoms with van der Waals surface area (Å²) in [6, 6.07) is 4.11. The number of ether oxygens (including phenoxy) is 1. The molecule has 0 saturated heterocycles. The van der Waals surface area contributed by atoms with Gasteiger partial charge in [0.25, 0.3) is 0 Å². The molecule has 0 atom stereocenters. The van der Waals surface area contributed by atoms with Crippen molar-refractivity contribution in [3.05, 3.63) is 46.9 Å². The van der Waals surface area contributed by atoms with E-state index in [1.165, 1.54) is 0 Å². The summed E-state index contributed by atoms with van der Waals surface area (Å²) in [5.74, 6) is 1.52. The molecule has 16 heavy (non-hydrogen) atoms. The van der Waals surface area contributed by atoms with Gasteiger partial charge in [0.05, 0.1) is 0 Å². The summed E-state index contributed by atoms with van der Waals surface area (Å²) in [5.41, 5.74) is 3.87. The number of fused-ring (bicyclic) bond motifs is 1. The molecule has 2 nitrogen and oxygen atoms in total. The van der Waals surface area contributed by atoms with Crippen LogP contribution in [0.15, 0.2) is 30.2 Å². The lowest BCUT2D eigenvalue weighted by atomic mass is 9.95. The Hall–Kier alpha value is -1.70. The molecule has 0 saturated carbocycles. The van der Waals surface area contributed by atoms with Crippen LogP contribution in [0, 0.1) is 6.92 Å². The van der Waals surface area contributed by atoms with Crippen molar-refractivity contribution < 1.29 is 9.84 Å². The maximum absolute atomic E-state index is 9.80. The Kier molecular flexibility index (Phi) is 2.50. The molecule has 2 heteroatoms. The fraction of sp³-hybridized carbons (Fsp3) is 0.286. The minimum absolute atomic E-state index is 0.153. The van der Waals surface area contributed by atoms with E-state index in [2.05, 4.69) is 19.6 Å². The molecule has 84 valence electrons. The van der Waals surface area contributed by atoms with Crippen LogP contribution in [0.2, 0.25) is 0 Å². The Labute approximate surface area is 95.9 Å². The predicted molar refractivity (Wildman–Crippen MR) is 65.5 cm³/mol. The molecule has 1 aliphatic heterocycles. The highest BCUT2D eigenvalue weighted by molar-refractivity contribution is 5.82. The minimum atomic E-state index is 0.153. The maximum Gasteiger partial charge on any atom is 0.161 e. The lowest BCUT2D eigenvalue weighted by Crippen LogP contribution is -2.09. The Balaban J connectivity index is 2.66. The molecule has 0 aromatic heterocycles. The third-order valence-electron chi connectivity index (χ3n) is 2.89. The lowest BCUT2D eigenvalue weighted by Gasteiger charge is -2.23. The number of allylic oxidation sites excluding steroid dienone is 2. The molecular weight excluding hydrogens is 200 g/mol. The second kappa shape index (κ2) is 3.71. The predicted octanol–water partition coefficient (Wildman–Crippen LogP) is 3.75. The zero-order valence-electron chi connectivity index (χ0n) is 9.92.